The Balaban J connectivity index is 2.11. The van der Waals surface area contributed by atoms with Gasteiger partial charge < -0.3 is 5.11 Å². The van der Waals surface area contributed by atoms with E-state index < -0.39 is 5.97 Å². The minimum absolute atomic E-state index is 0.179. The summed E-state index contributed by atoms with van der Waals surface area (Å²) in [6.45, 7) is 0. The maximum Gasteiger partial charge on any atom is 0.303 e. The third kappa shape index (κ3) is 3.18. The van der Waals surface area contributed by atoms with Crippen LogP contribution in [0.2, 0.25) is 0 Å². The maximum atomic E-state index is 10.5. The monoisotopic (exact) mass is 225 g/mol. The number of aliphatic carboxylic acids is 1. The van der Waals surface area contributed by atoms with Crippen molar-refractivity contribution in [1.29, 1.82) is 0 Å². The summed E-state index contributed by atoms with van der Waals surface area (Å²) in [4.78, 5) is 10.5. The van der Waals surface area contributed by atoms with Crippen LogP contribution in [0, 0.1) is 6.07 Å². The van der Waals surface area contributed by atoms with Crippen LogP contribution in [0.4, 0.5) is 0 Å². The Morgan fingerprint density at radius 1 is 1.12 bits per heavy atom. The minimum atomic E-state index is -0.758. The SMILES string of the molecule is O=C(O)CCc1ccc(-c2c[c]ccc2)cc1. The summed E-state index contributed by atoms with van der Waals surface area (Å²) in [7, 11) is 0. The minimum Gasteiger partial charge on any atom is -0.481 e. The highest BCUT2D eigenvalue weighted by molar-refractivity contribution is 5.67. The van der Waals surface area contributed by atoms with Gasteiger partial charge in [0.1, 0.15) is 0 Å². The molecule has 2 aromatic rings. The van der Waals surface area contributed by atoms with Crippen LogP contribution in [-0.4, -0.2) is 11.1 Å². The molecule has 2 nitrogen and oxygen atoms in total. The molecule has 2 rings (SSSR count). The van der Waals surface area contributed by atoms with E-state index in [0.29, 0.717) is 6.42 Å². The lowest BCUT2D eigenvalue weighted by Gasteiger charge is -2.03. The van der Waals surface area contributed by atoms with Gasteiger partial charge in [0.15, 0.2) is 0 Å². The lowest BCUT2D eigenvalue weighted by atomic mass is 10.0. The number of rotatable bonds is 4. The molecule has 0 aliphatic rings. The summed E-state index contributed by atoms with van der Waals surface area (Å²) in [6.07, 6.45) is 0.759. The van der Waals surface area contributed by atoms with Gasteiger partial charge in [-0.15, -0.1) is 0 Å². The smallest absolute Gasteiger partial charge is 0.303 e. The van der Waals surface area contributed by atoms with Gasteiger partial charge in [0, 0.05) is 6.42 Å². The van der Waals surface area contributed by atoms with Gasteiger partial charge in [-0.3, -0.25) is 4.79 Å². The van der Waals surface area contributed by atoms with E-state index >= 15 is 0 Å². The number of benzene rings is 2. The Hall–Kier alpha value is -2.09. The van der Waals surface area contributed by atoms with Gasteiger partial charge in [0.05, 0.1) is 0 Å². The molecule has 0 aliphatic heterocycles. The zero-order valence-electron chi connectivity index (χ0n) is 9.39. The van der Waals surface area contributed by atoms with Crippen molar-refractivity contribution in [2.75, 3.05) is 0 Å². The van der Waals surface area contributed by atoms with E-state index in [0.717, 1.165) is 16.7 Å². The molecule has 0 atom stereocenters. The van der Waals surface area contributed by atoms with Crippen molar-refractivity contribution in [2.45, 2.75) is 12.8 Å². The topological polar surface area (TPSA) is 37.3 Å². The van der Waals surface area contributed by atoms with E-state index in [1.165, 1.54) is 0 Å². The number of carboxylic acid groups (broad SMARTS) is 1. The third-order valence-corrected chi connectivity index (χ3v) is 2.62. The van der Waals surface area contributed by atoms with Crippen LogP contribution in [-0.2, 0) is 11.2 Å². The molecular formula is C15H13O2. The third-order valence-electron chi connectivity index (χ3n) is 2.62. The number of aryl methyl sites for hydroxylation is 1. The van der Waals surface area contributed by atoms with Crippen molar-refractivity contribution in [3.05, 3.63) is 60.2 Å². The first-order valence-electron chi connectivity index (χ1n) is 5.53. The molecule has 0 bridgehead atoms. The molecule has 0 fully saturated rings. The first kappa shape index (κ1) is 11.4. The molecule has 0 unspecified atom stereocenters. The predicted molar refractivity (Wildman–Crippen MR) is 66.7 cm³/mol. The molecule has 0 aliphatic carbocycles. The summed E-state index contributed by atoms with van der Waals surface area (Å²) in [5, 5.41) is 8.60. The van der Waals surface area contributed by atoms with Crippen molar-refractivity contribution in [3.63, 3.8) is 0 Å². The van der Waals surface area contributed by atoms with Gasteiger partial charge in [-0.1, -0.05) is 42.5 Å². The van der Waals surface area contributed by atoms with E-state index in [1.807, 2.05) is 48.5 Å². The molecule has 0 spiro atoms. The van der Waals surface area contributed by atoms with Crippen molar-refractivity contribution in [3.8, 4) is 11.1 Å². The van der Waals surface area contributed by atoms with E-state index in [4.69, 9.17) is 5.11 Å². The Kier molecular flexibility index (Phi) is 3.55. The summed E-state index contributed by atoms with van der Waals surface area (Å²) in [5.41, 5.74) is 3.30. The fraction of sp³-hybridized carbons (Fsp3) is 0.133. The highest BCUT2D eigenvalue weighted by Gasteiger charge is 2.00. The largest absolute Gasteiger partial charge is 0.481 e. The van der Waals surface area contributed by atoms with Crippen LogP contribution in [0.3, 0.4) is 0 Å². The molecule has 17 heavy (non-hydrogen) atoms. The average molecular weight is 225 g/mol. The van der Waals surface area contributed by atoms with Crippen LogP contribution < -0.4 is 0 Å². The fourth-order valence-electron chi connectivity index (χ4n) is 1.69. The molecule has 0 amide bonds. The van der Waals surface area contributed by atoms with Crippen molar-refractivity contribution >= 4 is 5.97 Å². The van der Waals surface area contributed by atoms with Crippen LogP contribution in [0.5, 0.6) is 0 Å². The van der Waals surface area contributed by atoms with E-state index in [1.54, 1.807) is 0 Å². The highest BCUT2D eigenvalue weighted by atomic mass is 16.4. The van der Waals surface area contributed by atoms with Crippen LogP contribution >= 0.6 is 0 Å². The van der Waals surface area contributed by atoms with Crippen molar-refractivity contribution < 1.29 is 9.90 Å². The number of hydrogen-bond acceptors (Lipinski definition) is 1. The van der Waals surface area contributed by atoms with E-state index in [2.05, 4.69) is 6.07 Å². The number of hydrogen-bond donors (Lipinski definition) is 1. The maximum absolute atomic E-state index is 10.5. The van der Waals surface area contributed by atoms with Gasteiger partial charge in [0.2, 0.25) is 0 Å². The van der Waals surface area contributed by atoms with E-state index in [9.17, 15) is 4.79 Å². The van der Waals surface area contributed by atoms with Crippen molar-refractivity contribution in [1.82, 2.24) is 0 Å². The zero-order chi connectivity index (χ0) is 12.1. The molecule has 0 aromatic heterocycles. The van der Waals surface area contributed by atoms with Gasteiger partial charge in [-0.2, -0.15) is 0 Å². The molecule has 2 heteroatoms. The number of carboxylic acids is 1. The van der Waals surface area contributed by atoms with Gasteiger partial charge in [-0.25, -0.2) is 0 Å². The molecule has 1 radical (unpaired) electrons. The Bertz CT molecular complexity index is 486. The summed E-state index contributed by atoms with van der Waals surface area (Å²) >= 11 is 0. The summed E-state index contributed by atoms with van der Waals surface area (Å²) in [6, 6.07) is 18.8. The molecule has 85 valence electrons. The second kappa shape index (κ2) is 5.30. The normalized spacial score (nSPS) is 10.1. The molecular weight excluding hydrogens is 212 g/mol. The first-order chi connectivity index (χ1) is 8.25. The second-order valence-corrected chi connectivity index (χ2v) is 3.88. The quantitative estimate of drug-likeness (QED) is 0.867. The Morgan fingerprint density at radius 2 is 1.88 bits per heavy atom. The molecule has 0 saturated carbocycles. The fourth-order valence-corrected chi connectivity index (χ4v) is 1.69. The second-order valence-electron chi connectivity index (χ2n) is 3.88. The number of carbonyl (C=O) groups is 1. The van der Waals surface area contributed by atoms with Gasteiger partial charge in [0.25, 0.3) is 0 Å². The Morgan fingerprint density at radius 3 is 2.47 bits per heavy atom. The zero-order valence-corrected chi connectivity index (χ0v) is 9.39. The summed E-state index contributed by atoms with van der Waals surface area (Å²) < 4.78 is 0. The molecule has 0 heterocycles. The highest BCUT2D eigenvalue weighted by Crippen LogP contribution is 2.19. The van der Waals surface area contributed by atoms with Crippen LogP contribution in [0.25, 0.3) is 11.1 Å². The molecule has 1 N–H and O–H groups in total. The van der Waals surface area contributed by atoms with Crippen LogP contribution in [0.15, 0.2) is 48.5 Å². The lowest BCUT2D eigenvalue weighted by molar-refractivity contribution is -0.136. The van der Waals surface area contributed by atoms with Crippen LogP contribution in [0.1, 0.15) is 12.0 Å². The Labute approximate surface area is 101 Å². The van der Waals surface area contributed by atoms with E-state index in [-0.39, 0.29) is 6.42 Å². The van der Waals surface area contributed by atoms with Gasteiger partial charge >= 0.3 is 5.97 Å². The average Bonchev–Trinajstić information content (AvgIpc) is 2.38. The van der Waals surface area contributed by atoms with Crippen molar-refractivity contribution in [2.24, 2.45) is 0 Å². The predicted octanol–water partition coefficient (Wildman–Crippen LogP) is 3.17. The summed E-state index contributed by atoms with van der Waals surface area (Å²) in [5.74, 6) is -0.758. The molecule has 0 saturated heterocycles. The first-order valence-corrected chi connectivity index (χ1v) is 5.53. The lowest BCUT2D eigenvalue weighted by Crippen LogP contribution is -1.97. The molecule has 2 aromatic carbocycles. The standard InChI is InChI=1S/C15H13O2/c16-15(17)11-8-12-6-9-14(10-7-12)13-4-2-1-3-5-13/h1-2,4-7,9-10H,8,11H2,(H,16,17). The van der Waals surface area contributed by atoms with Gasteiger partial charge in [-0.05, 0) is 35.2 Å².